The Hall–Kier alpha value is -0.880. The standard InChI is InChI=1S/C9H13BrN4O/c1-6-7(12-13-8(6)10)9(15)14-4-2-11-3-5-14/h11H,2-5H2,1H3,(H,12,13). The number of hydrogen-bond donors (Lipinski definition) is 2. The summed E-state index contributed by atoms with van der Waals surface area (Å²) in [6, 6.07) is 0. The normalized spacial score (nSPS) is 16.8. The van der Waals surface area contributed by atoms with Crippen LogP contribution < -0.4 is 5.32 Å². The summed E-state index contributed by atoms with van der Waals surface area (Å²) < 4.78 is 0.779. The molecular formula is C9H13BrN4O. The Bertz CT molecular complexity index is 370. The van der Waals surface area contributed by atoms with Crippen LogP contribution in [0.1, 0.15) is 16.1 Å². The number of carbonyl (C=O) groups is 1. The fraction of sp³-hybridized carbons (Fsp3) is 0.556. The van der Waals surface area contributed by atoms with Crippen LogP contribution in [0.25, 0.3) is 0 Å². The SMILES string of the molecule is Cc1c(C(=O)N2CCNCC2)n[nH]c1Br. The molecule has 1 aliphatic rings. The number of aromatic nitrogens is 2. The fourth-order valence-electron chi connectivity index (χ4n) is 1.60. The number of piperazine rings is 1. The lowest BCUT2D eigenvalue weighted by Gasteiger charge is -2.26. The van der Waals surface area contributed by atoms with Crippen LogP contribution in [-0.2, 0) is 0 Å². The molecule has 2 N–H and O–H groups in total. The minimum Gasteiger partial charge on any atom is -0.335 e. The molecule has 0 atom stereocenters. The molecule has 82 valence electrons. The van der Waals surface area contributed by atoms with Gasteiger partial charge < -0.3 is 10.2 Å². The van der Waals surface area contributed by atoms with Gasteiger partial charge in [-0.05, 0) is 22.9 Å². The highest BCUT2D eigenvalue weighted by Crippen LogP contribution is 2.17. The van der Waals surface area contributed by atoms with E-state index in [2.05, 4.69) is 31.4 Å². The molecule has 1 saturated heterocycles. The van der Waals surface area contributed by atoms with Gasteiger partial charge >= 0.3 is 0 Å². The maximum Gasteiger partial charge on any atom is 0.274 e. The second kappa shape index (κ2) is 4.32. The third-order valence-corrected chi connectivity index (χ3v) is 3.33. The number of rotatable bonds is 1. The summed E-state index contributed by atoms with van der Waals surface area (Å²) in [6.07, 6.45) is 0. The van der Waals surface area contributed by atoms with Gasteiger partial charge in [0.25, 0.3) is 5.91 Å². The van der Waals surface area contributed by atoms with Crippen molar-refractivity contribution in [1.82, 2.24) is 20.4 Å². The second-order valence-electron chi connectivity index (χ2n) is 3.55. The van der Waals surface area contributed by atoms with Crippen LogP contribution in [0.5, 0.6) is 0 Å². The summed E-state index contributed by atoms with van der Waals surface area (Å²) in [6.45, 7) is 5.10. The van der Waals surface area contributed by atoms with E-state index in [0.29, 0.717) is 5.69 Å². The molecule has 2 rings (SSSR count). The molecule has 5 nitrogen and oxygen atoms in total. The van der Waals surface area contributed by atoms with Crippen molar-refractivity contribution in [1.29, 1.82) is 0 Å². The summed E-state index contributed by atoms with van der Waals surface area (Å²) in [7, 11) is 0. The minimum absolute atomic E-state index is 0.0101. The van der Waals surface area contributed by atoms with Crippen molar-refractivity contribution in [3.05, 3.63) is 15.9 Å². The number of carbonyl (C=O) groups excluding carboxylic acids is 1. The van der Waals surface area contributed by atoms with Crippen LogP contribution in [0, 0.1) is 6.92 Å². The number of H-pyrrole nitrogens is 1. The van der Waals surface area contributed by atoms with Gasteiger partial charge in [0.15, 0.2) is 5.69 Å². The topological polar surface area (TPSA) is 61.0 Å². The molecule has 0 unspecified atom stereocenters. The molecule has 1 aromatic rings. The molecule has 0 bridgehead atoms. The van der Waals surface area contributed by atoms with Gasteiger partial charge in [0.1, 0.15) is 4.60 Å². The van der Waals surface area contributed by atoms with Crippen molar-refractivity contribution in [3.63, 3.8) is 0 Å². The number of nitrogens with zero attached hydrogens (tertiary/aromatic N) is 2. The smallest absolute Gasteiger partial charge is 0.274 e. The van der Waals surface area contributed by atoms with Crippen molar-refractivity contribution < 1.29 is 4.79 Å². The van der Waals surface area contributed by atoms with E-state index in [-0.39, 0.29) is 5.91 Å². The summed E-state index contributed by atoms with van der Waals surface area (Å²) in [5, 5.41) is 9.98. The monoisotopic (exact) mass is 272 g/mol. The van der Waals surface area contributed by atoms with Crippen LogP contribution in [0.2, 0.25) is 0 Å². The number of hydrogen-bond acceptors (Lipinski definition) is 3. The van der Waals surface area contributed by atoms with Crippen LogP contribution in [0.3, 0.4) is 0 Å². The van der Waals surface area contributed by atoms with Crippen LogP contribution >= 0.6 is 15.9 Å². The Morgan fingerprint density at radius 2 is 2.13 bits per heavy atom. The van der Waals surface area contributed by atoms with Gasteiger partial charge in [-0.2, -0.15) is 5.10 Å². The number of nitrogens with one attached hydrogen (secondary N) is 2. The first kappa shape index (κ1) is 10.6. The first-order valence-corrected chi connectivity index (χ1v) is 5.70. The summed E-state index contributed by atoms with van der Waals surface area (Å²) in [5.41, 5.74) is 1.39. The Balaban J connectivity index is 2.16. The first-order valence-electron chi connectivity index (χ1n) is 4.90. The van der Waals surface area contributed by atoms with Gasteiger partial charge in [0, 0.05) is 31.7 Å². The maximum atomic E-state index is 12.0. The molecule has 0 saturated carbocycles. The summed E-state index contributed by atoms with van der Waals surface area (Å²) >= 11 is 3.31. The summed E-state index contributed by atoms with van der Waals surface area (Å²) in [5.74, 6) is 0.0101. The Kier molecular flexibility index (Phi) is 3.06. The summed E-state index contributed by atoms with van der Waals surface area (Å²) in [4.78, 5) is 13.9. The molecule has 0 aliphatic carbocycles. The average molecular weight is 273 g/mol. The van der Waals surface area contributed by atoms with Gasteiger partial charge in [0.2, 0.25) is 0 Å². The molecular weight excluding hydrogens is 260 g/mol. The molecule has 2 heterocycles. The van der Waals surface area contributed by atoms with Crippen molar-refractivity contribution >= 4 is 21.8 Å². The average Bonchev–Trinajstić information content (AvgIpc) is 2.60. The predicted octanol–water partition coefficient (Wildman–Crippen LogP) is 0.526. The van der Waals surface area contributed by atoms with E-state index in [4.69, 9.17) is 0 Å². The molecule has 1 amide bonds. The Morgan fingerprint density at radius 3 is 2.67 bits per heavy atom. The van der Waals surface area contributed by atoms with Gasteiger partial charge in [0.05, 0.1) is 0 Å². The van der Waals surface area contributed by atoms with E-state index in [1.165, 1.54) is 0 Å². The predicted molar refractivity (Wildman–Crippen MR) is 59.8 cm³/mol. The molecule has 1 fully saturated rings. The van der Waals surface area contributed by atoms with Crippen molar-refractivity contribution in [2.45, 2.75) is 6.92 Å². The number of amides is 1. The van der Waals surface area contributed by atoms with Crippen molar-refractivity contribution in [2.75, 3.05) is 26.2 Å². The van der Waals surface area contributed by atoms with Crippen LogP contribution in [0.4, 0.5) is 0 Å². The van der Waals surface area contributed by atoms with Crippen molar-refractivity contribution in [2.24, 2.45) is 0 Å². The lowest BCUT2D eigenvalue weighted by Crippen LogP contribution is -2.46. The number of halogens is 1. The molecule has 0 radical (unpaired) electrons. The van der Waals surface area contributed by atoms with E-state index in [9.17, 15) is 4.79 Å². The van der Waals surface area contributed by atoms with E-state index < -0.39 is 0 Å². The molecule has 6 heteroatoms. The first-order chi connectivity index (χ1) is 7.20. The van der Waals surface area contributed by atoms with E-state index in [1.54, 1.807) is 0 Å². The molecule has 0 aromatic carbocycles. The molecule has 1 aromatic heterocycles. The number of aromatic amines is 1. The van der Waals surface area contributed by atoms with Crippen LogP contribution in [-0.4, -0.2) is 47.2 Å². The quantitative estimate of drug-likeness (QED) is 0.784. The fourth-order valence-corrected chi connectivity index (χ4v) is 1.88. The zero-order valence-corrected chi connectivity index (χ0v) is 10.1. The van der Waals surface area contributed by atoms with Gasteiger partial charge in [-0.25, -0.2) is 0 Å². The van der Waals surface area contributed by atoms with E-state index in [1.807, 2.05) is 11.8 Å². The highest BCUT2D eigenvalue weighted by molar-refractivity contribution is 9.10. The highest BCUT2D eigenvalue weighted by Gasteiger charge is 2.22. The minimum atomic E-state index is 0.0101. The third-order valence-electron chi connectivity index (χ3n) is 2.56. The molecule has 15 heavy (non-hydrogen) atoms. The highest BCUT2D eigenvalue weighted by atomic mass is 79.9. The lowest BCUT2D eigenvalue weighted by molar-refractivity contribution is 0.0729. The van der Waals surface area contributed by atoms with Gasteiger partial charge in [-0.1, -0.05) is 0 Å². The van der Waals surface area contributed by atoms with E-state index >= 15 is 0 Å². The van der Waals surface area contributed by atoms with Gasteiger partial charge in [-0.15, -0.1) is 0 Å². The van der Waals surface area contributed by atoms with Crippen molar-refractivity contribution in [3.8, 4) is 0 Å². The molecule has 0 spiro atoms. The zero-order valence-electron chi connectivity index (χ0n) is 8.51. The van der Waals surface area contributed by atoms with Gasteiger partial charge in [-0.3, -0.25) is 9.89 Å². The Morgan fingerprint density at radius 1 is 1.47 bits per heavy atom. The zero-order chi connectivity index (χ0) is 10.8. The second-order valence-corrected chi connectivity index (χ2v) is 4.35. The third kappa shape index (κ3) is 2.05. The molecule has 1 aliphatic heterocycles. The van der Waals surface area contributed by atoms with E-state index in [0.717, 1.165) is 36.3 Å². The Labute approximate surface area is 96.4 Å². The van der Waals surface area contributed by atoms with Crippen LogP contribution in [0.15, 0.2) is 4.60 Å². The lowest BCUT2D eigenvalue weighted by atomic mass is 10.2. The largest absolute Gasteiger partial charge is 0.335 e. The maximum absolute atomic E-state index is 12.0.